The summed E-state index contributed by atoms with van der Waals surface area (Å²) < 4.78 is 25.2. The van der Waals surface area contributed by atoms with Crippen molar-refractivity contribution in [3.05, 3.63) is 29.8 Å². The fourth-order valence-corrected chi connectivity index (χ4v) is 2.22. The minimum absolute atomic E-state index is 0.269. The van der Waals surface area contributed by atoms with E-state index in [4.69, 9.17) is 0 Å². The molecular formula is C13H22N4O2S. The Morgan fingerprint density at radius 2 is 1.95 bits per heavy atom. The Balaban J connectivity index is 2.78. The minimum Gasteiger partial charge on any atom is -0.354 e. The van der Waals surface area contributed by atoms with Crippen LogP contribution < -0.4 is 15.4 Å². The van der Waals surface area contributed by atoms with Crippen molar-refractivity contribution in [2.24, 2.45) is 4.99 Å². The molecule has 0 amide bonds. The third kappa shape index (κ3) is 5.92. The summed E-state index contributed by atoms with van der Waals surface area (Å²) in [6.45, 7) is 4.52. The zero-order valence-corrected chi connectivity index (χ0v) is 13.1. The molecule has 0 aromatic heterocycles. The summed E-state index contributed by atoms with van der Waals surface area (Å²) in [6.07, 6.45) is 1.14. The molecule has 0 saturated carbocycles. The van der Waals surface area contributed by atoms with Crippen molar-refractivity contribution in [3.63, 3.8) is 0 Å². The van der Waals surface area contributed by atoms with E-state index in [-0.39, 0.29) is 6.04 Å². The van der Waals surface area contributed by atoms with Gasteiger partial charge in [-0.1, -0.05) is 18.2 Å². The van der Waals surface area contributed by atoms with Gasteiger partial charge in [0.2, 0.25) is 10.0 Å². The lowest BCUT2D eigenvalue weighted by Crippen LogP contribution is -2.40. The van der Waals surface area contributed by atoms with Gasteiger partial charge in [0.15, 0.2) is 5.96 Å². The number of para-hydroxylation sites is 1. The van der Waals surface area contributed by atoms with Crippen LogP contribution in [-0.4, -0.2) is 33.7 Å². The normalized spacial score (nSPS) is 12.3. The van der Waals surface area contributed by atoms with Crippen molar-refractivity contribution in [1.29, 1.82) is 0 Å². The van der Waals surface area contributed by atoms with Gasteiger partial charge < -0.3 is 10.6 Å². The maximum atomic E-state index is 11.3. The summed E-state index contributed by atoms with van der Waals surface area (Å²) in [6, 6.07) is 7.52. The number of nitrogens with zero attached hydrogens (tertiary/aromatic N) is 1. The molecule has 0 radical (unpaired) electrons. The van der Waals surface area contributed by atoms with Gasteiger partial charge in [-0.15, -0.1) is 0 Å². The SMILES string of the molecule is CN=C(NCc1ccccc1NS(C)(=O)=O)NC(C)C. The van der Waals surface area contributed by atoms with E-state index in [9.17, 15) is 8.42 Å². The minimum atomic E-state index is -3.29. The predicted molar refractivity (Wildman–Crippen MR) is 83.4 cm³/mol. The standard InChI is InChI=1S/C13H22N4O2S/c1-10(2)16-13(14-3)15-9-11-7-5-6-8-12(11)17-20(4,18)19/h5-8,10,17H,9H2,1-4H3,(H2,14,15,16). The molecule has 3 N–H and O–H groups in total. The van der Waals surface area contributed by atoms with Crippen LogP contribution in [0.1, 0.15) is 19.4 Å². The summed E-state index contributed by atoms with van der Waals surface area (Å²) in [5, 5.41) is 6.31. The highest BCUT2D eigenvalue weighted by Crippen LogP contribution is 2.15. The second-order valence-corrected chi connectivity index (χ2v) is 6.50. The Morgan fingerprint density at radius 1 is 1.30 bits per heavy atom. The van der Waals surface area contributed by atoms with Crippen molar-refractivity contribution in [1.82, 2.24) is 10.6 Å². The van der Waals surface area contributed by atoms with Gasteiger partial charge in [0.25, 0.3) is 0 Å². The Kier molecular flexibility index (Phi) is 5.82. The number of anilines is 1. The van der Waals surface area contributed by atoms with Crippen molar-refractivity contribution in [2.75, 3.05) is 18.0 Å². The van der Waals surface area contributed by atoms with Crippen molar-refractivity contribution in [3.8, 4) is 0 Å². The predicted octanol–water partition coefficient (Wildman–Crippen LogP) is 1.13. The summed E-state index contributed by atoms with van der Waals surface area (Å²) in [5.41, 5.74) is 1.42. The monoisotopic (exact) mass is 298 g/mol. The van der Waals surface area contributed by atoms with E-state index in [1.54, 1.807) is 19.2 Å². The largest absolute Gasteiger partial charge is 0.354 e. The molecule has 1 aromatic carbocycles. The number of benzene rings is 1. The Hall–Kier alpha value is -1.76. The van der Waals surface area contributed by atoms with E-state index >= 15 is 0 Å². The maximum Gasteiger partial charge on any atom is 0.229 e. The zero-order valence-electron chi connectivity index (χ0n) is 12.3. The topological polar surface area (TPSA) is 82.6 Å². The third-order valence-electron chi connectivity index (χ3n) is 2.41. The Morgan fingerprint density at radius 3 is 2.50 bits per heavy atom. The van der Waals surface area contributed by atoms with Crippen LogP contribution in [0.3, 0.4) is 0 Å². The Bertz CT molecular complexity index is 567. The first-order valence-corrected chi connectivity index (χ1v) is 8.24. The van der Waals surface area contributed by atoms with Gasteiger partial charge in [-0.05, 0) is 25.5 Å². The van der Waals surface area contributed by atoms with E-state index in [1.807, 2.05) is 26.0 Å². The molecule has 0 spiro atoms. The fourth-order valence-electron chi connectivity index (χ4n) is 1.62. The molecule has 6 nitrogen and oxygen atoms in total. The summed E-state index contributed by atoms with van der Waals surface area (Å²) >= 11 is 0. The van der Waals surface area contributed by atoms with Gasteiger partial charge in [0.05, 0.1) is 11.9 Å². The first-order valence-electron chi connectivity index (χ1n) is 6.34. The van der Waals surface area contributed by atoms with Gasteiger partial charge in [-0.25, -0.2) is 8.42 Å². The molecular weight excluding hydrogens is 276 g/mol. The van der Waals surface area contributed by atoms with Gasteiger partial charge in [-0.3, -0.25) is 9.71 Å². The molecule has 112 valence electrons. The Labute approximate surface area is 120 Å². The highest BCUT2D eigenvalue weighted by molar-refractivity contribution is 7.92. The van der Waals surface area contributed by atoms with Gasteiger partial charge >= 0.3 is 0 Å². The molecule has 0 atom stereocenters. The molecule has 0 unspecified atom stereocenters. The lowest BCUT2D eigenvalue weighted by atomic mass is 10.2. The van der Waals surface area contributed by atoms with Crippen molar-refractivity contribution in [2.45, 2.75) is 26.4 Å². The van der Waals surface area contributed by atoms with Gasteiger partial charge in [-0.2, -0.15) is 0 Å². The average Bonchev–Trinajstić information content (AvgIpc) is 2.33. The lowest BCUT2D eigenvalue weighted by molar-refractivity contribution is 0.606. The molecule has 1 aromatic rings. The number of sulfonamides is 1. The summed E-state index contributed by atoms with van der Waals surface area (Å²) in [7, 11) is -1.59. The van der Waals surface area contributed by atoms with Crippen LogP contribution in [0.5, 0.6) is 0 Å². The number of rotatable bonds is 5. The van der Waals surface area contributed by atoms with Crippen LogP contribution in [0.4, 0.5) is 5.69 Å². The first-order chi connectivity index (χ1) is 9.31. The van der Waals surface area contributed by atoms with E-state index in [0.717, 1.165) is 11.8 Å². The van der Waals surface area contributed by atoms with Crippen molar-refractivity contribution >= 4 is 21.7 Å². The summed E-state index contributed by atoms with van der Waals surface area (Å²) in [4.78, 5) is 4.10. The number of hydrogen-bond acceptors (Lipinski definition) is 3. The van der Waals surface area contributed by atoms with Gasteiger partial charge in [0, 0.05) is 19.6 Å². The van der Waals surface area contributed by atoms with E-state index in [0.29, 0.717) is 18.2 Å². The van der Waals surface area contributed by atoms with E-state index < -0.39 is 10.0 Å². The quantitative estimate of drug-likeness (QED) is 0.562. The maximum absolute atomic E-state index is 11.3. The number of guanidine groups is 1. The molecule has 0 saturated heterocycles. The van der Waals surface area contributed by atoms with Gasteiger partial charge in [0.1, 0.15) is 0 Å². The van der Waals surface area contributed by atoms with Crippen LogP contribution in [0.15, 0.2) is 29.3 Å². The highest BCUT2D eigenvalue weighted by atomic mass is 32.2. The smallest absolute Gasteiger partial charge is 0.229 e. The molecule has 0 aliphatic carbocycles. The third-order valence-corrected chi connectivity index (χ3v) is 3.00. The van der Waals surface area contributed by atoms with E-state index in [1.165, 1.54) is 0 Å². The molecule has 20 heavy (non-hydrogen) atoms. The number of aliphatic imine (C=N–C) groups is 1. The molecule has 0 aliphatic rings. The number of hydrogen-bond donors (Lipinski definition) is 3. The second kappa shape index (κ2) is 7.14. The fraction of sp³-hybridized carbons (Fsp3) is 0.462. The highest BCUT2D eigenvalue weighted by Gasteiger charge is 2.07. The van der Waals surface area contributed by atoms with Crippen LogP contribution in [0.2, 0.25) is 0 Å². The van der Waals surface area contributed by atoms with E-state index in [2.05, 4.69) is 20.3 Å². The first kappa shape index (κ1) is 16.3. The van der Waals surface area contributed by atoms with Crippen LogP contribution in [-0.2, 0) is 16.6 Å². The van der Waals surface area contributed by atoms with Crippen molar-refractivity contribution < 1.29 is 8.42 Å². The molecule has 1 rings (SSSR count). The number of nitrogens with one attached hydrogen (secondary N) is 3. The average molecular weight is 298 g/mol. The molecule has 0 heterocycles. The summed E-state index contributed by atoms with van der Waals surface area (Å²) in [5.74, 6) is 0.675. The molecule has 0 aliphatic heterocycles. The second-order valence-electron chi connectivity index (χ2n) is 4.76. The van der Waals surface area contributed by atoms with Crippen LogP contribution in [0.25, 0.3) is 0 Å². The zero-order chi connectivity index (χ0) is 15.2. The molecule has 7 heteroatoms. The molecule has 0 bridgehead atoms. The van der Waals surface area contributed by atoms with Crippen LogP contribution >= 0.6 is 0 Å². The molecule has 0 fully saturated rings. The lowest BCUT2D eigenvalue weighted by Gasteiger charge is -2.16. The van der Waals surface area contributed by atoms with Crippen LogP contribution in [0, 0.1) is 0 Å².